The van der Waals surface area contributed by atoms with Crippen LogP contribution in [0.2, 0.25) is 0 Å². The van der Waals surface area contributed by atoms with Crippen LogP contribution >= 0.6 is 0 Å². The zero-order valence-electron chi connectivity index (χ0n) is 10.6. The largest absolute Gasteiger partial charge is 0.335 e. The van der Waals surface area contributed by atoms with Gasteiger partial charge in [-0.3, -0.25) is 19.6 Å². The molecule has 0 bridgehead atoms. The van der Waals surface area contributed by atoms with Gasteiger partial charge in [-0.1, -0.05) is 12.2 Å². The predicted octanol–water partition coefficient (Wildman–Crippen LogP) is 1.38. The fourth-order valence-corrected chi connectivity index (χ4v) is 1.53. The van der Waals surface area contributed by atoms with E-state index in [-0.39, 0.29) is 18.0 Å². The van der Waals surface area contributed by atoms with E-state index in [0.717, 1.165) is 6.20 Å². The van der Waals surface area contributed by atoms with Crippen molar-refractivity contribution in [3.63, 3.8) is 0 Å². The third kappa shape index (κ3) is 4.38. The molecular formula is C12H16N4O3. The molecule has 1 heterocycles. The van der Waals surface area contributed by atoms with E-state index in [4.69, 9.17) is 0 Å². The van der Waals surface area contributed by atoms with E-state index in [9.17, 15) is 14.9 Å². The van der Waals surface area contributed by atoms with Crippen molar-refractivity contribution in [3.05, 3.63) is 47.8 Å². The number of rotatable bonds is 8. The lowest BCUT2D eigenvalue weighted by Crippen LogP contribution is -2.31. The molecule has 7 heteroatoms. The smallest absolute Gasteiger partial charge is 0.306 e. The van der Waals surface area contributed by atoms with Gasteiger partial charge in [-0.25, -0.2) is 0 Å². The van der Waals surface area contributed by atoms with Gasteiger partial charge < -0.3 is 4.90 Å². The SMILES string of the molecule is C=CCN(CC=C)C(=O)CCn1cc([N+](=O)[O-])cn1. The highest BCUT2D eigenvalue weighted by molar-refractivity contribution is 5.76. The summed E-state index contributed by atoms with van der Waals surface area (Å²) in [6, 6.07) is 0. The third-order valence-corrected chi connectivity index (χ3v) is 2.44. The third-order valence-electron chi connectivity index (χ3n) is 2.44. The average molecular weight is 264 g/mol. The van der Waals surface area contributed by atoms with E-state index in [1.54, 1.807) is 17.1 Å². The Hall–Kier alpha value is -2.44. The van der Waals surface area contributed by atoms with Crippen molar-refractivity contribution in [2.45, 2.75) is 13.0 Å². The van der Waals surface area contributed by atoms with Gasteiger partial charge in [0.05, 0.1) is 4.92 Å². The molecule has 0 spiro atoms. The molecule has 0 saturated heterocycles. The Balaban J connectivity index is 2.53. The highest BCUT2D eigenvalue weighted by atomic mass is 16.6. The van der Waals surface area contributed by atoms with Crippen molar-refractivity contribution in [1.82, 2.24) is 14.7 Å². The summed E-state index contributed by atoms with van der Waals surface area (Å²) in [5.74, 6) is -0.0713. The molecule has 0 radical (unpaired) electrons. The Morgan fingerprint density at radius 1 is 1.47 bits per heavy atom. The van der Waals surface area contributed by atoms with Gasteiger partial charge in [0.15, 0.2) is 0 Å². The molecule has 19 heavy (non-hydrogen) atoms. The van der Waals surface area contributed by atoms with Crippen LogP contribution in [-0.2, 0) is 11.3 Å². The van der Waals surface area contributed by atoms with Gasteiger partial charge in [-0.2, -0.15) is 5.10 Å². The van der Waals surface area contributed by atoms with Crippen molar-refractivity contribution >= 4 is 11.6 Å². The number of carbonyl (C=O) groups excluding carboxylic acids is 1. The number of aromatic nitrogens is 2. The number of aryl methyl sites for hydroxylation is 1. The number of hydrogen-bond donors (Lipinski definition) is 0. The predicted molar refractivity (Wildman–Crippen MR) is 70.5 cm³/mol. The topological polar surface area (TPSA) is 81.3 Å². The second-order valence-corrected chi connectivity index (χ2v) is 3.84. The first-order chi connectivity index (χ1) is 9.08. The molecule has 0 fully saturated rings. The summed E-state index contributed by atoms with van der Waals surface area (Å²) in [7, 11) is 0. The van der Waals surface area contributed by atoms with Crippen LogP contribution in [0.4, 0.5) is 5.69 Å². The maximum absolute atomic E-state index is 11.9. The Morgan fingerprint density at radius 2 is 2.11 bits per heavy atom. The van der Waals surface area contributed by atoms with E-state index in [1.807, 2.05) is 0 Å². The van der Waals surface area contributed by atoms with Crippen LogP contribution in [0.15, 0.2) is 37.7 Å². The lowest BCUT2D eigenvalue weighted by atomic mass is 10.3. The molecule has 0 unspecified atom stereocenters. The van der Waals surface area contributed by atoms with Crippen LogP contribution in [0.1, 0.15) is 6.42 Å². The monoisotopic (exact) mass is 264 g/mol. The number of nitro groups is 1. The van der Waals surface area contributed by atoms with Crippen molar-refractivity contribution < 1.29 is 9.72 Å². The minimum Gasteiger partial charge on any atom is -0.335 e. The second-order valence-electron chi connectivity index (χ2n) is 3.84. The molecule has 0 aliphatic carbocycles. The fourth-order valence-electron chi connectivity index (χ4n) is 1.53. The van der Waals surface area contributed by atoms with Crippen molar-refractivity contribution in [3.8, 4) is 0 Å². The lowest BCUT2D eigenvalue weighted by Gasteiger charge is -2.19. The zero-order chi connectivity index (χ0) is 14.3. The Bertz CT molecular complexity index is 471. The second kappa shape index (κ2) is 7.10. The summed E-state index contributed by atoms with van der Waals surface area (Å²) < 4.78 is 1.38. The molecule has 7 nitrogen and oxygen atoms in total. The van der Waals surface area contributed by atoms with E-state index in [0.29, 0.717) is 19.6 Å². The van der Waals surface area contributed by atoms with Crippen LogP contribution in [0.25, 0.3) is 0 Å². The fraction of sp³-hybridized carbons (Fsp3) is 0.333. The molecule has 1 aromatic rings. The molecule has 0 aliphatic heterocycles. The average Bonchev–Trinajstić information content (AvgIpc) is 2.84. The van der Waals surface area contributed by atoms with Gasteiger partial charge in [-0.05, 0) is 0 Å². The van der Waals surface area contributed by atoms with Gasteiger partial charge >= 0.3 is 5.69 Å². The highest BCUT2D eigenvalue weighted by Gasteiger charge is 2.13. The van der Waals surface area contributed by atoms with Gasteiger partial charge in [0.25, 0.3) is 0 Å². The first kappa shape index (κ1) is 14.6. The number of carbonyl (C=O) groups is 1. The maximum atomic E-state index is 11.9. The first-order valence-electron chi connectivity index (χ1n) is 5.75. The van der Waals surface area contributed by atoms with E-state index >= 15 is 0 Å². The Kier molecular flexibility index (Phi) is 5.46. The van der Waals surface area contributed by atoms with Crippen LogP contribution in [0.5, 0.6) is 0 Å². The first-order valence-corrected chi connectivity index (χ1v) is 5.75. The standard InChI is InChI=1S/C12H16N4O3/c1-3-6-14(7-4-2)12(17)5-8-15-10-11(9-13-15)16(18)19/h3-4,9-10H,1-2,5-8H2. The van der Waals surface area contributed by atoms with E-state index < -0.39 is 4.92 Å². The summed E-state index contributed by atoms with van der Waals surface area (Å²) in [6.07, 6.45) is 5.97. The molecule has 0 aliphatic rings. The molecule has 102 valence electrons. The minimum atomic E-state index is -0.521. The molecule has 0 N–H and O–H groups in total. The molecule has 0 atom stereocenters. The summed E-state index contributed by atoms with van der Waals surface area (Å²) >= 11 is 0. The summed E-state index contributed by atoms with van der Waals surface area (Å²) in [5.41, 5.74) is -0.0820. The van der Waals surface area contributed by atoms with Crippen LogP contribution in [0, 0.1) is 10.1 Å². The van der Waals surface area contributed by atoms with Crippen LogP contribution in [0.3, 0.4) is 0 Å². The lowest BCUT2D eigenvalue weighted by molar-refractivity contribution is -0.385. The molecular weight excluding hydrogens is 248 g/mol. The Morgan fingerprint density at radius 3 is 2.58 bits per heavy atom. The van der Waals surface area contributed by atoms with Gasteiger partial charge in [0.1, 0.15) is 12.4 Å². The summed E-state index contributed by atoms with van der Waals surface area (Å²) in [4.78, 5) is 23.5. The Labute approximate surface area is 111 Å². The van der Waals surface area contributed by atoms with Crippen LogP contribution in [-0.4, -0.2) is 38.6 Å². The van der Waals surface area contributed by atoms with Crippen molar-refractivity contribution in [2.24, 2.45) is 0 Å². The molecule has 0 saturated carbocycles. The summed E-state index contributed by atoms with van der Waals surface area (Å²) in [5, 5.41) is 14.3. The quantitative estimate of drug-likeness (QED) is 0.403. The normalized spacial score (nSPS) is 9.89. The highest BCUT2D eigenvalue weighted by Crippen LogP contribution is 2.08. The molecule has 1 amide bonds. The van der Waals surface area contributed by atoms with E-state index in [1.165, 1.54) is 10.9 Å². The molecule has 1 aromatic heterocycles. The van der Waals surface area contributed by atoms with Gasteiger partial charge in [-0.15, -0.1) is 13.2 Å². The maximum Gasteiger partial charge on any atom is 0.306 e. The van der Waals surface area contributed by atoms with Gasteiger partial charge in [0.2, 0.25) is 5.91 Å². The number of nitrogens with zero attached hydrogens (tertiary/aromatic N) is 4. The van der Waals surface area contributed by atoms with Crippen molar-refractivity contribution in [2.75, 3.05) is 13.1 Å². The van der Waals surface area contributed by atoms with Crippen LogP contribution < -0.4 is 0 Å². The zero-order valence-corrected chi connectivity index (χ0v) is 10.6. The molecule has 1 rings (SSSR count). The van der Waals surface area contributed by atoms with Gasteiger partial charge in [0, 0.05) is 26.1 Å². The molecule has 0 aromatic carbocycles. The minimum absolute atomic E-state index is 0.0713. The van der Waals surface area contributed by atoms with Crippen molar-refractivity contribution in [1.29, 1.82) is 0 Å². The summed E-state index contributed by atoms with van der Waals surface area (Å²) in [6.45, 7) is 8.37. The van der Waals surface area contributed by atoms with E-state index in [2.05, 4.69) is 18.3 Å². The number of amides is 1. The number of hydrogen-bond acceptors (Lipinski definition) is 4.